The van der Waals surface area contributed by atoms with E-state index in [-0.39, 0.29) is 5.84 Å². The number of hydrogen-bond acceptors (Lipinski definition) is 3. The molecule has 0 aliphatic rings. The van der Waals surface area contributed by atoms with Crippen LogP contribution in [0.3, 0.4) is 0 Å². The van der Waals surface area contributed by atoms with Crippen molar-refractivity contribution in [3.05, 3.63) is 87.9 Å². The number of amides is 1. The summed E-state index contributed by atoms with van der Waals surface area (Å²) >= 11 is 17.7. The highest BCUT2D eigenvalue weighted by Crippen LogP contribution is 2.18. The Bertz CT molecular complexity index is 972. The van der Waals surface area contributed by atoms with Crippen LogP contribution in [0.4, 0.5) is 17.1 Å². The second-order valence-corrected chi connectivity index (χ2v) is 6.96. The van der Waals surface area contributed by atoms with Crippen molar-refractivity contribution in [1.82, 2.24) is 5.43 Å². The SMILES string of the molecule is O=C(Nc1ccc(Cl)cc1)C(=Nc1ccc(Cl)cc1)NNc1ccc(Cl)cc1. The van der Waals surface area contributed by atoms with E-state index in [9.17, 15) is 4.79 Å². The number of anilines is 2. The lowest BCUT2D eigenvalue weighted by atomic mass is 10.3. The highest BCUT2D eigenvalue weighted by molar-refractivity contribution is 6.42. The fourth-order valence-electron chi connectivity index (χ4n) is 2.17. The smallest absolute Gasteiger partial charge is 0.292 e. The molecule has 0 aliphatic heterocycles. The van der Waals surface area contributed by atoms with E-state index >= 15 is 0 Å². The van der Waals surface area contributed by atoms with Crippen molar-refractivity contribution < 1.29 is 4.79 Å². The van der Waals surface area contributed by atoms with Gasteiger partial charge in [-0.2, -0.15) is 0 Å². The molecule has 3 aromatic rings. The largest absolute Gasteiger partial charge is 0.319 e. The molecule has 5 nitrogen and oxygen atoms in total. The molecule has 0 heterocycles. The Labute approximate surface area is 177 Å². The number of halogens is 3. The van der Waals surface area contributed by atoms with Gasteiger partial charge in [-0.25, -0.2) is 4.99 Å². The molecule has 0 unspecified atom stereocenters. The van der Waals surface area contributed by atoms with Gasteiger partial charge in [-0.05, 0) is 72.8 Å². The first-order valence-electron chi connectivity index (χ1n) is 8.18. The number of benzene rings is 3. The molecule has 3 aromatic carbocycles. The minimum atomic E-state index is -0.432. The van der Waals surface area contributed by atoms with Crippen molar-refractivity contribution in [3.63, 3.8) is 0 Å². The van der Waals surface area contributed by atoms with Gasteiger partial charge in [0, 0.05) is 20.8 Å². The van der Waals surface area contributed by atoms with Crippen molar-refractivity contribution >= 4 is 63.6 Å². The number of rotatable bonds is 4. The second kappa shape index (κ2) is 9.46. The summed E-state index contributed by atoms with van der Waals surface area (Å²) in [6.07, 6.45) is 0. The Hall–Kier alpha value is -2.73. The number of amidine groups is 1. The summed E-state index contributed by atoms with van der Waals surface area (Å²) in [6, 6.07) is 20.6. The van der Waals surface area contributed by atoms with Crippen LogP contribution < -0.4 is 16.2 Å². The molecule has 28 heavy (non-hydrogen) atoms. The third-order valence-electron chi connectivity index (χ3n) is 3.55. The molecular formula is C20H15Cl3N4O. The van der Waals surface area contributed by atoms with Gasteiger partial charge in [0.25, 0.3) is 5.91 Å². The van der Waals surface area contributed by atoms with Gasteiger partial charge in [0.2, 0.25) is 5.84 Å². The molecule has 0 spiro atoms. The molecular weight excluding hydrogens is 419 g/mol. The topological polar surface area (TPSA) is 65.5 Å². The summed E-state index contributed by atoms with van der Waals surface area (Å²) in [5, 5.41) is 4.54. The lowest BCUT2D eigenvalue weighted by molar-refractivity contribution is -0.110. The molecule has 3 N–H and O–H groups in total. The van der Waals surface area contributed by atoms with Gasteiger partial charge in [-0.15, -0.1) is 0 Å². The summed E-state index contributed by atoms with van der Waals surface area (Å²) in [4.78, 5) is 17.1. The molecule has 3 rings (SSSR count). The number of hydrazine groups is 1. The Balaban J connectivity index is 1.80. The zero-order valence-electron chi connectivity index (χ0n) is 14.4. The van der Waals surface area contributed by atoms with Gasteiger partial charge in [-0.3, -0.25) is 15.6 Å². The van der Waals surface area contributed by atoms with Crippen LogP contribution in [0.2, 0.25) is 15.1 Å². The number of nitrogens with one attached hydrogen (secondary N) is 3. The summed E-state index contributed by atoms with van der Waals surface area (Å²) in [6.45, 7) is 0. The standard InChI is InChI=1S/C20H15Cl3N4O/c21-13-1-7-16(8-2-13)24-19(27-26-18-11-5-15(23)6-12-18)20(28)25-17-9-3-14(22)4-10-17/h1-12,26H,(H,24,27)(H,25,28). The molecule has 0 atom stereocenters. The normalized spacial score (nSPS) is 11.0. The highest BCUT2D eigenvalue weighted by Gasteiger charge is 2.12. The van der Waals surface area contributed by atoms with Crippen LogP contribution in [-0.2, 0) is 4.79 Å². The molecule has 0 aromatic heterocycles. The highest BCUT2D eigenvalue weighted by atomic mass is 35.5. The number of carbonyl (C=O) groups is 1. The molecule has 142 valence electrons. The number of carbonyl (C=O) groups excluding carboxylic acids is 1. The number of hydrogen-bond donors (Lipinski definition) is 3. The van der Waals surface area contributed by atoms with Crippen LogP contribution in [0.1, 0.15) is 0 Å². The average Bonchev–Trinajstić information content (AvgIpc) is 2.69. The van der Waals surface area contributed by atoms with Crippen LogP contribution in [0.25, 0.3) is 0 Å². The molecule has 8 heteroatoms. The summed E-state index contributed by atoms with van der Waals surface area (Å²) < 4.78 is 0. The van der Waals surface area contributed by atoms with E-state index in [1.54, 1.807) is 72.8 Å². The lowest BCUT2D eigenvalue weighted by Crippen LogP contribution is -2.39. The van der Waals surface area contributed by atoms with Crippen LogP contribution in [0.5, 0.6) is 0 Å². The quantitative estimate of drug-likeness (QED) is 0.271. The maximum Gasteiger partial charge on any atom is 0.292 e. The Morgan fingerprint density at radius 1 is 0.679 bits per heavy atom. The zero-order chi connectivity index (χ0) is 19.9. The van der Waals surface area contributed by atoms with E-state index in [1.165, 1.54) is 0 Å². The van der Waals surface area contributed by atoms with Crippen LogP contribution in [0, 0.1) is 0 Å². The minimum Gasteiger partial charge on any atom is -0.319 e. The first-order valence-corrected chi connectivity index (χ1v) is 9.32. The number of aliphatic imine (C=N–C) groups is 1. The average molecular weight is 434 g/mol. The van der Waals surface area contributed by atoms with E-state index in [4.69, 9.17) is 34.8 Å². The number of nitrogens with zero attached hydrogens (tertiary/aromatic N) is 1. The van der Waals surface area contributed by atoms with Crippen LogP contribution >= 0.6 is 34.8 Å². The van der Waals surface area contributed by atoms with E-state index in [0.717, 1.165) is 0 Å². The van der Waals surface area contributed by atoms with Crippen molar-refractivity contribution in [2.75, 3.05) is 10.7 Å². The summed E-state index contributed by atoms with van der Waals surface area (Å²) in [5.74, 6) is -0.369. The molecule has 0 bridgehead atoms. The minimum absolute atomic E-state index is 0.0622. The lowest BCUT2D eigenvalue weighted by Gasteiger charge is -2.13. The fraction of sp³-hybridized carbons (Fsp3) is 0. The van der Waals surface area contributed by atoms with Gasteiger partial charge in [-0.1, -0.05) is 34.8 Å². The fourth-order valence-corrected chi connectivity index (χ4v) is 2.55. The monoisotopic (exact) mass is 432 g/mol. The van der Waals surface area contributed by atoms with Crippen molar-refractivity contribution in [3.8, 4) is 0 Å². The first kappa shape index (κ1) is 20.0. The van der Waals surface area contributed by atoms with Gasteiger partial charge < -0.3 is 5.32 Å². The maximum absolute atomic E-state index is 12.7. The van der Waals surface area contributed by atoms with Crippen molar-refractivity contribution in [2.45, 2.75) is 0 Å². The predicted molar refractivity (Wildman–Crippen MR) is 117 cm³/mol. The van der Waals surface area contributed by atoms with E-state index < -0.39 is 5.91 Å². The van der Waals surface area contributed by atoms with Crippen LogP contribution in [0.15, 0.2) is 77.8 Å². The van der Waals surface area contributed by atoms with Crippen molar-refractivity contribution in [1.29, 1.82) is 0 Å². The van der Waals surface area contributed by atoms with Gasteiger partial charge in [0.05, 0.1) is 11.4 Å². The van der Waals surface area contributed by atoms with Gasteiger partial charge in [0.15, 0.2) is 0 Å². The van der Waals surface area contributed by atoms with E-state index in [1.807, 2.05) is 0 Å². The Morgan fingerprint density at radius 3 is 1.68 bits per heavy atom. The molecule has 1 amide bonds. The second-order valence-electron chi connectivity index (χ2n) is 5.65. The van der Waals surface area contributed by atoms with Gasteiger partial charge >= 0.3 is 0 Å². The summed E-state index contributed by atoms with van der Waals surface area (Å²) in [7, 11) is 0. The third kappa shape index (κ3) is 5.89. The van der Waals surface area contributed by atoms with Crippen molar-refractivity contribution in [2.24, 2.45) is 4.99 Å². The first-order chi connectivity index (χ1) is 13.5. The van der Waals surface area contributed by atoms with Crippen LogP contribution in [-0.4, -0.2) is 11.7 Å². The van der Waals surface area contributed by atoms with Gasteiger partial charge in [0.1, 0.15) is 0 Å². The molecule has 0 saturated carbocycles. The molecule has 0 radical (unpaired) electrons. The van der Waals surface area contributed by atoms with E-state index in [2.05, 4.69) is 21.2 Å². The Kier molecular flexibility index (Phi) is 6.76. The third-order valence-corrected chi connectivity index (χ3v) is 4.31. The zero-order valence-corrected chi connectivity index (χ0v) is 16.7. The Morgan fingerprint density at radius 2 is 1.14 bits per heavy atom. The molecule has 0 fully saturated rings. The summed E-state index contributed by atoms with van der Waals surface area (Å²) in [5.41, 5.74) is 7.64. The molecule has 0 aliphatic carbocycles. The van der Waals surface area contributed by atoms with E-state index in [0.29, 0.717) is 32.1 Å². The predicted octanol–water partition coefficient (Wildman–Crippen LogP) is 5.93. The molecule has 0 saturated heterocycles. The maximum atomic E-state index is 12.7.